The van der Waals surface area contributed by atoms with Crippen molar-refractivity contribution in [3.63, 3.8) is 0 Å². The van der Waals surface area contributed by atoms with Crippen molar-refractivity contribution in [1.82, 2.24) is 15.5 Å². The van der Waals surface area contributed by atoms with Crippen molar-refractivity contribution in [2.45, 2.75) is 25.9 Å². The number of ether oxygens (including phenoxy) is 1. The number of nitrogens with one attached hydrogen (secondary N) is 2. The number of hydrogen-bond donors (Lipinski definition) is 2. The highest BCUT2D eigenvalue weighted by atomic mass is 16.5. The van der Waals surface area contributed by atoms with Crippen molar-refractivity contribution < 1.29 is 4.74 Å². The quantitative estimate of drug-likeness (QED) is 0.872. The van der Waals surface area contributed by atoms with Crippen LogP contribution in [0.1, 0.15) is 19.8 Å². The van der Waals surface area contributed by atoms with Gasteiger partial charge in [-0.2, -0.15) is 5.10 Å². The average molecular weight is 245 g/mol. The first-order valence-corrected chi connectivity index (χ1v) is 6.63. The molecule has 4 nitrogen and oxygen atoms in total. The molecule has 0 saturated carbocycles. The first kappa shape index (κ1) is 11.5. The predicted octanol–water partition coefficient (Wildman–Crippen LogP) is 2.33. The molecule has 96 valence electrons. The van der Waals surface area contributed by atoms with Crippen LogP contribution in [0.5, 0.6) is 5.75 Å². The lowest BCUT2D eigenvalue weighted by Crippen LogP contribution is -2.37. The number of hydrogen-bond acceptors (Lipinski definition) is 3. The van der Waals surface area contributed by atoms with Gasteiger partial charge in [0.2, 0.25) is 0 Å². The SMILES string of the molecule is CC(Oc1ccc2[nH]ncc2c1)C1CCCNC1. The van der Waals surface area contributed by atoms with Crippen LogP contribution in [-0.2, 0) is 0 Å². The summed E-state index contributed by atoms with van der Waals surface area (Å²) in [6.45, 7) is 4.37. The number of piperidine rings is 1. The monoisotopic (exact) mass is 245 g/mol. The third-order valence-corrected chi connectivity index (χ3v) is 3.73. The van der Waals surface area contributed by atoms with Gasteiger partial charge in [-0.05, 0) is 44.5 Å². The molecule has 1 aromatic carbocycles. The topological polar surface area (TPSA) is 49.9 Å². The Bertz CT molecular complexity index is 516. The first-order valence-electron chi connectivity index (χ1n) is 6.63. The molecule has 2 aromatic rings. The number of fused-ring (bicyclic) bond motifs is 1. The van der Waals surface area contributed by atoms with Gasteiger partial charge in [0.05, 0.1) is 17.8 Å². The summed E-state index contributed by atoms with van der Waals surface area (Å²) < 4.78 is 6.05. The highest BCUT2D eigenvalue weighted by molar-refractivity contribution is 5.79. The minimum atomic E-state index is 0.252. The Morgan fingerprint density at radius 3 is 3.22 bits per heavy atom. The summed E-state index contributed by atoms with van der Waals surface area (Å²) in [5.41, 5.74) is 1.05. The number of rotatable bonds is 3. The van der Waals surface area contributed by atoms with E-state index in [-0.39, 0.29) is 6.10 Å². The molecule has 0 bridgehead atoms. The molecule has 1 aliphatic rings. The lowest BCUT2D eigenvalue weighted by molar-refractivity contribution is 0.131. The standard InChI is InChI=1S/C14H19N3O/c1-10(11-3-2-6-15-8-11)18-13-4-5-14-12(7-13)9-16-17-14/h4-5,7,9-11,15H,2-3,6,8H2,1H3,(H,16,17). The summed E-state index contributed by atoms with van der Waals surface area (Å²) in [5, 5.41) is 11.5. The summed E-state index contributed by atoms with van der Waals surface area (Å²) in [4.78, 5) is 0. The van der Waals surface area contributed by atoms with E-state index in [2.05, 4.69) is 22.4 Å². The molecule has 0 aliphatic carbocycles. The fourth-order valence-corrected chi connectivity index (χ4v) is 2.58. The third kappa shape index (κ3) is 2.34. The number of aromatic amines is 1. The van der Waals surface area contributed by atoms with Gasteiger partial charge < -0.3 is 10.1 Å². The summed E-state index contributed by atoms with van der Waals surface area (Å²) in [7, 11) is 0. The summed E-state index contributed by atoms with van der Waals surface area (Å²) in [6.07, 6.45) is 4.58. The number of aromatic nitrogens is 2. The Kier molecular flexibility index (Phi) is 3.19. The van der Waals surface area contributed by atoms with Crippen LogP contribution in [0.15, 0.2) is 24.4 Å². The van der Waals surface area contributed by atoms with E-state index in [1.807, 2.05) is 24.4 Å². The van der Waals surface area contributed by atoms with Gasteiger partial charge in [0, 0.05) is 17.8 Å². The van der Waals surface area contributed by atoms with Crippen LogP contribution in [-0.4, -0.2) is 29.4 Å². The Morgan fingerprint density at radius 2 is 2.39 bits per heavy atom. The van der Waals surface area contributed by atoms with Crippen LogP contribution in [0.3, 0.4) is 0 Å². The molecule has 4 heteroatoms. The fraction of sp³-hybridized carbons (Fsp3) is 0.500. The molecule has 1 aliphatic heterocycles. The molecule has 0 spiro atoms. The Morgan fingerprint density at radius 1 is 1.44 bits per heavy atom. The van der Waals surface area contributed by atoms with Gasteiger partial charge in [-0.25, -0.2) is 0 Å². The Balaban J connectivity index is 1.70. The minimum absolute atomic E-state index is 0.252. The first-order chi connectivity index (χ1) is 8.83. The van der Waals surface area contributed by atoms with Gasteiger partial charge in [0.25, 0.3) is 0 Å². The van der Waals surface area contributed by atoms with Gasteiger partial charge in [-0.15, -0.1) is 0 Å². The predicted molar refractivity (Wildman–Crippen MR) is 71.8 cm³/mol. The molecule has 18 heavy (non-hydrogen) atoms. The van der Waals surface area contributed by atoms with Gasteiger partial charge in [-0.3, -0.25) is 5.10 Å². The van der Waals surface area contributed by atoms with Crippen molar-refractivity contribution in [2.24, 2.45) is 5.92 Å². The van der Waals surface area contributed by atoms with Crippen LogP contribution >= 0.6 is 0 Å². The largest absolute Gasteiger partial charge is 0.490 e. The Hall–Kier alpha value is -1.55. The maximum absolute atomic E-state index is 6.05. The minimum Gasteiger partial charge on any atom is -0.490 e. The number of benzene rings is 1. The van der Waals surface area contributed by atoms with Crippen molar-refractivity contribution in [2.75, 3.05) is 13.1 Å². The van der Waals surface area contributed by atoms with Crippen LogP contribution < -0.4 is 10.1 Å². The smallest absolute Gasteiger partial charge is 0.120 e. The molecule has 1 aromatic heterocycles. The van der Waals surface area contributed by atoms with Crippen LogP contribution in [0.2, 0.25) is 0 Å². The molecule has 2 heterocycles. The van der Waals surface area contributed by atoms with Crippen molar-refractivity contribution in [3.05, 3.63) is 24.4 Å². The van der Waals surface area contributed by atoms with Gasteiger partial charge >= 0.3 is 0 Å². The average Bonchev–Trinajstić information content (AvgIpc) is 2.87. The molecule has 2 N–H and O–H groups in total. The molecule has 2 unspecified atom stereocenters. The van der Waals surface area contributed by atoms with E-state index in [0.29, 0.717) is 5.92 Å². The van der Waals surface area contributed by atoms with Crippen LogP contribution in [0.25, 0.3) is 10.9 Å². The zero-order valence-electron chi connectivity index (χ0n) is 10.6. The van der Waals surface area contributed by atoms with E-state index in [9.17, 15) is 0 Å². The van der Waals surface area contributed by atoms with E-state index in [1.54, 1.807) is 0 Å². The van der Waals surface area contributed by atoms with E-state index < -0.39 is 0 Å². The maximum Gasteiger partial charge on any atom is 0.120 e. The van der Waals surface area contributed by atoms with Crippen molar-refractivity contribution in [1.29, 1.82) is 0 Å². The molecule has 0 radical (unpaired) electrons. The molecular formula is C14H19N3O. The third-order valence-electron chi connectivity index (χ3n) is 3.73. The molecule has 0 amide bonds. The fourth-order valence-electron chi connectivity index (χ4n) is 2.58. The highest BCUT2D eigenvalue weighted by Gasteiger charge is 2.21. The van der Waals surface area contributed by atoms with E-state index in [0.717, 1.165) is 29.7 Å². The van der Waals surface area contributed by atoms with E-state index >= 15 is 0 Å². The normalized spacial score (nSPS) is 21.9. The lowest BCUT2D eigenvalue weighted by atomic mass is 9.94. The number of nitrogens with zero attached hydrogens (tertiary/aromatic N) is 1. The second kappa shape index (κ2) is 4.98. The zero-order valence-corrected chi connectivity index (χ0v) is 10.6. The maximum atomic E-state index is 6.05. The lowest BCUT2D eigenvalue weighted by Gasteiger charge is -2.28. The van der Waals surface area contributed by atoms with Gasteiger partial charge in [-0.1, -0.05) is 0 Å². The second-order valence-corrected chi connectivity index (χ2v) is 5.05. The summed E-state index contributed by atoms with van der Waals surface area (Å²) >= 11 is 0. The number of H-pyrrole nitrogens is 1. The summed E-state index contributed by atoms with van der Waals surface area (Å²) in [5.74, 6) is 1.54. The Labute approximate surface area is 107 Å². The molecule has 1 saturated heterocycles. The van der Waals surface area contributed by atoms with Crippen LogP contribution in [0, 0.1) is 5.92 Å². The highest BCUT2D eigenvalue weighted by Crippen LogP contribution is 2.23. The zero-order chi connectivity index (χ0) is 12.4. The molecule has 3 rings (SSSR count). The molecular weight excluding hydrogens is 226 g/mol. The van der Waals surface area contributed by atoms with Crippen LogP contribution in [0.4, 0.5) is 0 Å². The van der Waals surface area contributed by atoms with Gasteiger partial charge in [0.1, 0.15) is 5.75 Å². The van der Waals surface area contributed by atoms with Crippen molar-refractivity contribution >= 4 is 10.9 Å². The van der Waals surface area contributed by atoms with E-state index in [4.69, 9.17) is 4.74 Å². The second-order valence-electron chi connectivity index (χ2n) is 5.05. The van der Waals surface area contributed by atoms with E-state index in [1.165, 1.54) is 12.8 Å². The van der Waals surface area contributed by atoms with Crippen molar-refractivity contribution in [3.8, 4) is 5.75 Å². The van der Waals surface area contributed by atoms with Gasteiger partial charge in [0.15, 0.2) is 0 Å². The summed E-state index contributed by atoms with van der Waals surface area (Å²) in [6, 6.07) is 6.07. The molecule has 2 atom stereocenters. The molecule has 1 fully saturated rings.